The molecule has 14 heteroatoms. The molecule has 0 bridgehead atoms. The first-order valence-electron chi connectivity index (χ1n) is 16.9. The van der Waals surface area contributed by atoms with E-state index < -0.39 is 0 Å². The highest BCUT2D eigenvalue weighted by Gasteiger charge is 2.23. The van der Waals surface area contributed by atoms with Crippen LogP contribution in [-0.4, -0.2) is 65.6 Å². The van der Waals surface area contributed by atoms with Crippen LogP contribution in [0.5, 0.6) is 11.5 Å². The van der Waals surface area contributed by atoms with Gasteiger partial charge in [0.25, 0.3) is 0 Å². The lowest BCUT2D eigenvalue weighted by Crippen LogP contribution is -2.34. The Labute approximate surface area is 318 Å². The molecule has 6 rings (SSSR count). The van der Waals surface area contributed by atoms with Gasteiger partial charge in [-0.15, -0.1) is 20.4 Å². The second-order valence-corrected chi connectivity index (χ2v) is 14.0. The van der Waals surface area contributed by atoms with Gasteiger partial charge in [-0.05, 0) is 106 Å². The van der Waals surface area contributed by atoms with Crippen LogP contribution in [0.3, 0.4) is 0 Å². The molecule has 268 valence electrons. The van der Waals surface area contributed by atoms with Crippen molar-refractivity contribution in [3.05, 3.63) is 92.4 Å². The topological polar surface area (TPSA) is 117 Å². The predicted molar refractivity (Wildman–Crippen MR) is 202 cm³/mol. The molecular weight excluding hydrogens is 732 g/mol. The molecule has 0 spiro atoms. The molecule has 2 aromatic carbocycles. The van der Waals surface area contributed by atoms with Crippen LogP contribution in [0.15, 0.2) is 60.7 Å². The molecule has 0 unspecified atom stereocenters. The molecule has 2 saturated heterocycles. The van der Waals surface area contributed by atoms with Crippen LogP contribution in [0.1, 0.15) is 61.4 Å². The molecule has 2 aliphatic heterocycles. The third-order valence-corrected chi connectivity index (χ3v) is 10.1. The van der Waals surface area contributed by atoms with Gasteiger partial charge in [-0.2, -0.15) is 5.26 Å². The summed E-state index contributed by atoms with van der Waals surface area (Å²) < 4.78 is 11.6. The Morgan fingerprint density at radius 2 is 1.12 bits per heavy atom. The van der Waals surface area contributed by atoms with Gasteiger partial charge in [0, 0.05) is 43.9 Å². The van der Waals surface area contributed by atoms with Crippen molar-refractivity contribution in [2.75, 3.05) is 49.2 Å². The van der Waals surface area contributed by atoms with Crippen LogP contribution in [-0.2, 0) is 0 Å². The molecule has 51 heavy (non-hydrogen) atoms. The highest BCUT2D eigenvalue weighted by atomic mass is 35.5. The molecule has 0 amide bonds. The second kappa shape index (κ2) is 19.1. The van der Waals surface area contributed by atoms with Gasteiger partial charge in [-0.3, -0.25) is 4.79 Å². The largest absolute Gasteiger partial charge is 0.494 e. The number of hydrogen-bond acceptors (Lipinski definition) is 10. The number of nitrogens with zero attached hydrogens (tertiary/aromatic N) is 7. The molecule has 0 N–H and O–H groups in total. The van der Waals surface area contributed by atoms with Gasteiger partial charge in [0.05, 0.1) is 36.2 Å². The number of halogens is 4. The Bertz CT molecular complexity index is 1770. The van der Waals surface area contributed by atoms with Crippen LogP contribution in [0, 0.1) is 23.2 Å². The van der Waals surface area contributed by atoms with Crippen molar-refractivity contribution in [1.29, 1.82) is 5.26 Å². The van der Waals surface area contributed by atoms with Gasteiger partial charge in [0.2, 0.25) is 0 Å². The number of benzene rings is 2. The first kappa shape index (κ1) is 38.4. The monoisotopic (exact) mass is 769 g/mol. The minimum absolute atomic E-state index is 0.0640. The van der Waals surface area contributed by atoms with E-state index in [0.717, 1.165) is 87.6 Å². The van der Waals surface area contributed by atoms with Crippen molar-refractivity contribution in [2.45, 2.75) is 45.4 Å². The fourth-order valence-electron chi connectivity index (χ4n) is 6.16. The zero-order chi connectivity index (χ0) is 36.2. The number of ether oxygens (including phenoxy) is 2. The van der Waals surface area contributed by atoms with Gasteiger partial charge < -0.3 is 19.3 Å². The zero-order valence-electron chi connectivity index (χ0n) is 28.3. The summed E-state index contributed by atoms with van der Waals surface area (Å²) in [4.78, 5) is 15.7. The number of rotatable bonds is 11. The number of ketones is 1. The number of aromatic nitrogens is 4. The highest BCUT2D eigenvalue weighted by Crippen LogP contribution is 2.32. The van der Waals surface area contributed by atoms with Crippen molar-refractivity contribution in [3.63, 3.8) is 0 Å². The molecule has 0 radical (unpaired) electrons. The Morgan fingerprint density at radius 3 is 1.51 bits per heavy atom. The van der Waals surface area contributed by atoms with Crippen molar-refractivity contribution in [2.24, 2.45) is 11.8 Å². The fourth-order valence-corrected chi connectivity index (χ4v) is 6.86. The van der Waals surface area contributed by atoms with Gasteiger partial charge in [0.15, 0.2) is 26.4 Å². The van der Waals surface area contributed by atoms with Crippen molar-refractivity contribution in [3.8, 4) is 17.6 Å². The van der Waals surface area contributed by atoms with E-state index in [2.05, 4.69) is 36.3 Å². The van der Waals surface area contributed by atoms with E-state index in [1.54, 1.807) is 43.3 Å². The summed E-state index contributed by atoms with van der Waals surface area (Å²) in [5.74, 6) is 2.91. The van der Waals surface area contributed by atoms with E-state index in [1.165, 1.54) is 0 Å². The number of hydrogen-bond donors (Lipinski definition) is 0. The minimum Gasteiger partial charge on any atom is -0.494 e. The molecule has 0 saturated carbocycles. The molecule has 4 aromatic rings. The third-order valence-electron chi connectivity index (χ3n) is 9.15. The van der Waals surface area contributed by atoms with Crippen molar-refractivity contribution >= 4 is 63.6 Å². The van der Waals surface area contributed by atoms with E-state index in [0.29, 0.717) is 56.8 Å². The average molecular weight is 772 g/mol. The van der Waals surface area contributed by atoms with E-state index >= 15 is 0 Å². The summed E-state index contributed by atoms with van der Waals surface area (Å²) in [6.45, 7) is 6.59. The summed E-state index contributed by atoms with van der Waals surface area (Å²) in [7, 11) is 0. The standard InChI is InChI=1S/C19H21Cl2N3O2.C18H18Cl2N4O/c1-13(25)15-2-4-16(5-3-15)26-11-8-14-6-9-24(10-7-14)17-12-18(20)22-23-19(17)21;19-17-11-16(18(20)23-22-17)24-8-5-13(6-9-24)7-10-25-15-3-1-14(12-21)2-4-15/h2-5,12,14H,6-11H2,1H3;1-4,11,13H,5-10H2. The number of Topliss-reactive ketones (excluding diaryl/α,β-unsaturated/α-hetero) is 1. The lowest BCUT2D eigenvalue weighted by molar-refractivity contribution is 0.101. The number of nitriles is 1. The summed E-state index contributed by atoms with van der Waals surface area (Å²) in [6, 6.07) is 20.1. The normalized spacial score (nSPS) is 15.1. The number of carbonyl (C=O) groups is 1. The molecule has 0 aliphatic carbocycles. The predicted octanol–water partition coefficient (Wildman–Crippen LogP) is 9.01. The lowest BCUT2D eigenvalue weighted by atomic mass is 9.94. The molecular formula is C37H39Cl4N7O3. The maximum Gasteiger partial charge on any atom is 0.175 e. The molecule has 0 atom stereocenters. The minimum atomic E-state index is 0.0640. The van der Waals surface area contributed by atoms with Crippen molar-refractivity contribution in [1.82, 2.24) is 20.4 Å². The van der Waals surface area contributed by atoms with Gasteiger partial charge in [-0.1, -0.05) is 46.4 Å². The first-order valence-corrected chi connectivity index (χ1v) is 18.4. The van der Waals surface area contributed by atoms with Gasteiger partial charge in [-0.25, -0.2) is 0 Å². The first-order chi connectivity index (χ1) is 24.7. The maximum atomic E-state index is 11.3. The van der Waals surface area contributed by atoms with Gasteiger partial charge in [0.1, 0.15) is 11.5 Å². The maximum absolute atomic E-state index is 11.3. The second-order valence-electron chi connectivity index (χ2n) is 12.5. The lowest BCUT2D eigenvalue weighted by Gasteiger charge is -2.33. The van der Waals surface area contributed by atoms with Crippen LogP contribution >= 0.6 is 46.4 Å². The Balaban J connectivity index is 0.000000198. The third kappa shape index (κ3) is 11.6. The van der Waals surface area contributed by atoms with E-state index in [1.807, 2.05) is 24.3 Å². The molecule has 4 heterocycles. The molecule has 10 nitrogen and oxygen atoms in total. The van der Waals surface area contributed by atoms with Crippen LogP contribution < -0.4 is 19.3 Å². The van der Waals surface area contributed by atoms with E-state index in [-0.39, 0.29) is 5.78 Å². The van der Waals surface area contributed by atoms with Crippen LogP contribution in [0.25, 0.3) is 0 Å². The summed E-state index contributed by atoms with van der Waals surface area (Å²) >= 11 is 24.1. The SMILES string of the molecule is CC(=O)c1ccc(OCCC2CCN(c3cc(Cl)nnc3Cl)CC2)cc1.N#Cc1ccc(OCCC2CCN(c3cc(Cl)nnc3Cl)CC2)cc1. The quantitative estimate of drug-likeness (QED) is 0.137. The molecule has 2 aliphatic rings. The fraction of sp³-hybridized carbons (Fsp3) is 0.405. The Hall–Kier alpha value is -3.88. The Morgan fingerprint density at radius 1 is 0.706 bits per heavy atom. The molecule has 2 aromatic heterocycles. The van der Waals surface area contributed by atoms with Crippen LogP contribution in [0.4, 0.5) is 11.4 Å². The summed E-state index contributed by atoms with van der Waals surface area (Å²) in [5, 5.41) is 25.5. The average Bonchev–Trinajstić information content (AvgIpc) is 3.15. The number of anilines is 2. The van der Waals surface area contributed by atoms with Gasteiger partial charge >= 0.3 is 0 Å². The molecule has 2 fully saturated rings. The van der Waals surface area contributed by atoms with E-state index in [4.69, 9.17) is 61.1 Å². The zero-order valence-corrected chi connectivity index (χ0v) is 31.3. The van der Waals surface area contributed by atoms with Crippen LogP contribution in [0.2, 0.25) is 20.6 Å². The number of piperidine rings is 2. The van der Waals surface area contributed by atoms with E-state index in [9.17, 15) is 4.79 Å². The van der Waals surface area contributed by atoms with Crippen molar-refractivity contribution < 1.29 is 14.3 Å². The highest BCUT2D eigenvalue weighted by molar-refractivity contribution is 6.34. The Kier molecular flexibility index (Phi) is 14.4. The summed E-state index contributed by atoms with van der Waals surface area (Å²) in [5.41, 5.74) is 3.05. The summed E-state index contributed by atoms with van der Waals surface area (Å²) in [6.07, 6.45) is 6.31. The smallest absolute Gasteiger partial charge is 0.175 e. The number of carbonyl (C=O) groups excluding carboxylic acids is 1.